The summed E-state index contributed by atoms with van der Waals surface area (Å²) in [6, 6.07) is 30.4. The Hall–Kier alpha value is -4.42. The standard InChI is InChI=1S/C34H32FN5/c1-3-40-30-7-5-4-6-28(30)29-22-25(12-17-31(29)40)34-36-32(23-8-13-26(35)14-9-23)33(37-34)24-10-15-27(16-11-24)39-20-18-38(2)19-21-39/h4-17,22H,3,18-21H2,1-2H3,(H,36,37). The van der Waals surface area contributed by atoms with Gasteiger partial charge in [-0.05, 0) is 74.6 Å². The number of anilines is 1. The van der Waals surface area contributed by atoms with Crippen molar-refractivity contribution in [1.82, 2.24) is 19.4 Å². The quantitative estimate of drug-likeness (QED) is 0.252. The maximum Gasteiger partial charge on any atom is 0.138 e. The van der Waals surface area contributed by atoms with Gasteiger partial charge in [-0.15, -0.1) is 0 Å². The van der Waals surface area contributed by atoms with E-state index in [1.54, 1.807) is 0 Å². The van der Waals surface area contributed by atoms with Gasteiger partial charge in [0.05, 0.1) is 11.4 Å². The number of piperazine rings is 1. The molecule has 1 saturated heterocycles. The van der Waals surface area contributed by atoms with Gasteiger partial charge in [0.25, 0.3) is 0 Å². The van der Waals surface area contributed by atoms with E-state index < -0.39 is 0 Å². The van der Waals surface area contributed by atoms with Crippen LogP contribution in [0.4, 0.5) is 10.1 Å². The largest absolute Gasteiger partial charge is 0.369 e. The molecule has 1 fully saturated rings. The number of aryl methyl sites for hydroxylation is 1. The molecule has 0 aliphatic carbocycles. The van der Waals surface area contributed by atoms with E-state index in [1.807, 2.05) is 12.1 Å². The van der Waals surface area contributed by atoms with Crippen LogP contribution in [0.25, 0.3) is 55.7 Å². The molecule has 0 saturated carbocycles. The Morgan fingerprint density at radius 3 is 2.17 bits per heavy atom. The number of halogens is 1. The van der Waals surface area contributed by atoms with Crippen LogP contribution in [-0.4, -0.2) is 52.7 Å². The molecular weight excluding hydrogens is 497 g/mol. The molecular formula is C34H32FN5. The number of para-hydroxylation sites is 1. The summed E-state index contributed by atoms with van der Waals surface area (Å²) in [6.07, 6.45) is 0. The van der Waals surface area contributed by atoms with Gasteiger partial charge in [-0.2, -0.15) is 0 Å². The number of rotatable bonds is 5. The number of nitrogens with one attached hydrogen (secondary N) is 1. The number of imidazole rings is 1. The maximum absolute atomic E-state index is 13.8. The van der Waals surface area contributed by atoms with Crippen molar-refractivity contribution in [3.8, 4) is 33.9 Å². The lowest BCUT2D eigenvalue weighted by molar-refractivity contribution is 0.313. The number of fused-ring (bicyclic) bond motifs is 3. The van der Waals surface area contributed by atoms with Crippen molar-refractivity contribution in [2.75, 3.05) is 38.1 Å². The van der Waals surface area contributed by atoms with E-state index in [1.165, 1.54) is 39.6 Å². The highest BCUT2D eigenvalue weighted by Gasteiger charge is 2.19. The number of aromatic amines is 1. The van der Waals surface area contributed by atoms with Crippen LogP contribution in [0.1, 0.15) is 6.92 Å². The van der Waals surface area contributed by atoms with E-state index >= 15 is 0 Å². The molecule has 0 unspecified atom stereocenters. The summed E-state index contributed by atoms with van der Waals surface area (Å²) in [4.78, 5) is 13.5. The summed E-state index contributed by atoms with van der Waals surface area (Å²) >= 11 is 0. The van der Waals surface area contributed by atoms with Gasteiger partial charge in [-0.25, -0.2) is 9.37 Å². The second-order valence-electron chi connectivity index (χ2n) is 10.6. The highest BCUT2D eigenvalue weighted by molar-refractivity contribution is 6.09. The predicted octanol–water partition coefficient (Wildman–Crippen LogP) is 7.43. The Morgan fingerprint density at radius 2 is 1.43 bits per heavy atom. The summed E-state index contributed by atoms with van der Waals surface area (Å²) in [5.74, 6) is 0.548. The first-order valence-corrected chi connectivity index (χ1v) is 14.0. The number of nitrogens with zero attached hydrogens (tertiary/aromatic N) is 4. The number of hydrogen-bond acceptors (Lipinski definition) is 3. The molecule has 0 radical (unpaired) electrons. The van der Waals surface area contributed by atoms with Crippen LogP contribution in [0.15, 0.2) is 91.0 Å². The Bertz CT molecular complexity index is 1810. The molecule has 4 aromatic carbocycles. The zero-order valence-corrected chi connectivity index (χ0v) is 22.9. The average molecular weight is 530 g/mol. The fourth-order valence-electron chi connectivity index (χ4n) is 5.98. The van der Waals surface area contributed by atoms with Gasteiger partial charge in [0.2, 0.25) is 0 Å². The smallest absolute Gasteiger partial charge is 0.138 e. The Kier molecular flexibility index (Phi) is 6.13. The van der Waals surface area contributed by atoms with Crippen molar-refractivity contribution in [1.29, 1.82) is 0 Å². The zero-order chi connectivity index (χ0) is 27.2. The van der Waals surface area contributed by atoms with E-state index in [9.17, 15) is 4.39 Å². The minimum Gasteiger partial charge on any atom is -0.369 e. The monoisotopic (exact) mass is 529 g/mol. The van der Waals surface area contributed by atoms with E-state index in [0.29, 0.717) is 0 Å². The summed E-state index contributed by atoms with van der Waals surface area (Å²) in [6.45, 7) is 7.29. The summed E-state index contributed by atoms with van der Waals surface area (Å²) in [5, 5.41) is 2.46. The molecule has 0 bridgehead atoms. The SMILES string of the molecule is CCn1c2ccccc2c2cc(-c3nc(-c4ccc(N5CCN(C)CC5)cc4)c(-c4ccc(F)cc4)[nH]3)ccc21. The first kappa shape index (κ1) is 24.6. The predicted molar refractivity (Wildman–Crippen MR) is 163 cm³/mol. The molecule has 6 heteroatoms. The maximum atomic E-state index is 13.8. The summed E-state index contributed by atoms with van der Waals surface area (Å²) in [7, 11) is 2.17. The molecule has 0 spiro atoms. The normalized spacial score (nSPS) is 14.4. The third-order valence-electron chi connectivity index (χ3n) is 8.21. The highest BCUT2D eigenvalue weighted by Crippen LogP contribution is 2.36. The van der Waals surface area contributed by atoms with Crippen molar-refractivity contribution in [2.45, 2.75) is 13.5 Å². The molecule has 5 nitrogen and oxygen atoms in total. The summed E-state index contributed by atoms with van der Waals surface area (Å²) in [5.41, 5.74) is 8.40. The molecule has 0 amide bonds. The van der Waals surface area contributed by atoms with Crippen molar-refractivity contribution in [3.63, 3.8) is 0 Å². The number of H-pyrrole nitrogens is 1. The fourth-order valence-corrected chi connectivity index (χ4v) is 5.98. The van der Waals surface area contributed by atoms with Crippen LogP contribution in [0.2, 0.25) is 0 Å². The van der Waals surface area contributed by atoms with Crippen molar-refractivity contribution in [2.24, 2.45) is 0 Å². The van der Waals surface area contributed by atoms with Gasteiger partial charge >= 0.3 is 0 Å². The van der Waals surface area contributed by atoms with E-state index in [0.717, 1.165) is 66.6 Å². The van der Waals surface area contributed by atoms with Gasteiger partial charge < -0.3 is 19.4 Å². The van der Waals surface area contributed by atoms with Crippen LogP contribution in [0, 0.1) is 5.82 Å². The lowest BCUT2D eigenvalue weighted by Gasteiger charge is -2.34. The van der Waals surface area contributed by atoms with Gasteiger partial charge in [0.1, 0.15) is 11.6 Å². The molecule has 1 N–H and O–H groups in total. The molecule has 6 aromatic rings. The van der Waals surface area contributed by atoms with Crippen LogP contribution in [0.3, 0.4) is 0 Å². The first-order valence-electron chi connectivity index (χ1n) is 14.0. The first-order chi connectivity index (χ1) is 19.6. The van der Waals surface area contributed by atoms with Crippen molar-refractivity contribution >= 4 is 27.5 Å². The van der Waals surface area contributed by atoms with Crippen LogP contribution >= 0.6 is 0 Å². The molecule has 1 aliphatic heterocycles. The Morgan fingerprint density at radius 1 is 0.750 bits per heavy atom. The molecule has 200 valence electrons. The molecule has 40 heavy (non-hydrogen) atoms. The minimum absolute atomic E-state index is 0.251. The molecule has 2 aromatic heterocycles. The van der Waals surface area contributed by atoms with Crippen LogP contribution in [0.5, 0.6) is 0 Å². The fraction of sp³-hybridized carbons (Fsp3) is 0.206. The van der Waals surface area contributed by atoms with Gasteiger partial charge in [-0.1, -0.05) is 30.3 Å². The number of likely N-dealkylation sites (N-methyl/N-ethyl adjacent to an activating group) is 1. The van der Waals surface area contributed by atoms with Gasteiger partial charge in [-0.3, -0.25) is 0 Å². The van der Waals surface area contributed by atoms with Crippen LogP contribution < -0.4 is 4.90 Å². The average Bonchev–Trinajstić information content (AvgIpc) is 3.58. The third-order valence-corrected chi connectivity index (χ3v) is 8.21. The Balaban J connectivity index is 1.33. The second-order valence-corrected chi connectivity index (χ2v) is 10.6. The highest BCUT2D eigenvalue weighted by atomic mass is 19.1. The Labute approximate surface area is 233 Å². The molecule has 0 atom stereocenters. The molecule has 7 rings (SSSR count). The van der Waals surface area contributed by atoms with Gasteiger partial charge in [0, 0.05) is 76.9 Å². The van der Waals surface area contributed by atoms with E-state index in [2.05, 4.69) is 100 Å². The lowest BCUT2D eigenvalue weighted by Crippen LogP contribution is -2.44. The second kappa shape index (κ2) is 9.96. The molecule has 1 aliphatic rings. The number of aromatic nitrogens is 3. The number of benzene rings is 4. The van der Waals surface area contributed by atoms with Crippen LogP contribution in [-0.2, 0) is 6.54 Å². The number of hydrogen-bond donors (Lipinski definition) is 1. The van der Waals surface area contributed by atoms with Gasteiger partial charge in [0.15, 0.2) is 0 Å². The third kappa shape index (κ3) is 4.25. The van der Waals surface area contributed by atoms with Crippen molar-refractivity contribution in [3.05, 3.63) is 96.8 Å². The lowest BCUT2D eigenvalue weighted by atomic mass is 10.0. The van der Waals surface area contributed by atoms with E-state index in [4.69, 9.17) is 4.98 Å². The topological polar surface area (TPSA) is 40.1 Å². The van der Waals surface area contributed by atoms with Crippen molar-refractivity contribution < 1.29 is 4.39 Å². The molecule has 3 heterocycles. The summed E-state index contributed by atoms with van der Waals surface area (Å²) < 4.78 is 16.2. The minimum atomic E-state index is -0.251. The zero-order valence-electron chi connectivity index (χ0n) is 22.9. The van der Waals surface area contributed by atoms with E-state index in [-0.39, 0.29) is 5.82 Å².